The number of aliphatic imine (C=N–C) groups is 1. The van der Waals surface area contributed by atoms with E-state index < -0.39 is 32.1 Å². The quantitative estimate of drug-likeness (QED) is 0.0898. The second-order valence-electron chi connectivity index (χ2n) is 11.5. The van der Waals surface area contributed by atoms with Gasteiger partial charge in [-0.05, 0) is 61.0 Å². The summed E-state index contributed by atoms with van der Waals surface area (Å²) >= 11 is 12.3. The van der Waals surface area contributed by atoms with E-state index in [0.29, 0.717) is 22.6 Å². The molecule has 0 saturated heterocycles. The van der Waals surface area contributed by atoms with E-state index in [1.54, 1.807) is 60.7 Å². The number of benzene rings is 5. The number of aryl methyl sites for hydroxylation is 1. The van der Waals surface area contributed by atoms with E-state index in [1.165, 1.54) is 19.1 Å². The molecule has 53 heavy (non-hydrogen) atoms. The molecule has 1 N–H and O–H groups in total. The number of nitro groups is 1. The molecule has 7 rings (SSSR count). The molecule has 1 aliphatic heterocycles. The van der Waals surface area contributed by atoms with Crippen LogP contribution >= 0.6 is 23.2 Å². The third-order valence-electron chi connectivity index (χ3n) is 7.97. The number of amides is 1. The monoisotopic (exact) mass is 766 g/mol. The molecule has 0 unspecified atom stereocenters. The molecule has 2 heterocycles. The summed E-state index contributed by atoms with van der Waals surface area (Å²) < 4.78 is 36.3. The molecular formula is C37H24Cl2N6O7S. The molecule has 16 heteroatoms. The number of carbonyl (C=O) groups is 1. The Hall–Kier alpha value is -6.35. The third-order valence-corrected chi connectivity index (χ3v) is 9.92. The summed E-state index contributed by atoms with van der Waals surface area (Å²) in [6.07, 6.45) is 1.57. The SMILES string of the molecule is Cc1nc2ccc(S(=O)(=O)Nc3c(Cl)cc([N+](=O)[O-])cc3Cl)cc2c(=O)n1N1C(=O)C(=Cc2cccc(Oc3ccccc3)c2)N=C1c1ccccc1. The Balaban J connectivity index is 1.29. The van der Waals surface area contributed by atoms with Crippen LogP contribution in [0.15, 0.2) is 136 Å². The molecule has 1 amide bonds. The van der Waals surface area contributed by atoms with E-state index in [4.69, 9.17) is 27.9 Å². The summed E-state index contributed by atoms with van der Waals surface area (Å²) in [5, 5.41) is 11.5. The topological polar surface area (TPSA) is 166 Å². The number of fused-ring (bicyclic) bond motifs is 1. The van der Waals surface area contributed by atoms with Gasteiger partial charge in [-0.3, -0.25) is 24.4 Å². The molecule has 13 nitrogen and oxygen atoms in total. The predicted molar refractivity (Wildman–Crippen MR) is 202 cm³/mol. The lowest BCUT2D eigenvalue weighted by molar-refractivity contribution is -0.384. The molecule has 264 valence electrons. The van der Waals surface area contributed by atoms with Gasteiger partial charge in [-0.1, -0.05) is 83.9 Å². The molecule has 0 atom stereocenters. The Kier molecular flexibility index (Phi) is 9.26. The Bertz CT molecular complexity index is 2680. The molecule has 0 bridgehead atoms. The standard InChI is InChI=1S/C37H24Cl2N6O7S/c1-22-40-32-16-15-28(53(50,51)42-34-30(38)19-25(45(48)49)20-31(34)39)21-29(32)36(46)43(22)44-35(24-10-4-2-5-11-24)41-33(37(44)47)18-23-9-8-14-27(17-23)52-26-12-6-3-7-13-26/h2-21,42H,1H3. The van der Waals surface area contributed by atoms with Crippen molar-refractivity contribution in [3.8, 4) is 11.5 Å². The van der Waals surface area contributed by atoms with E-state index in [-0.39, 0.29) is 48.9 Å². The van der Waals surface area contributed by atoms with Crippen molar-refractivity contribution in [2.45, 2.75) is 11.8 Å². The van der Waals surface area contributed by atoms with Crippen LogP contribution in [0.1, 0.15) is 17.0 Å². The highest BCUT2D eigenvalue weighted by Gasteiger charge is 2.35. The van der Waals surface area contributed by atoms with Gasteiger partial charge in [-0.25, -0.2) is 18.4 Å². The lowest BCUT2D eigenvalue weighted by Gasteiger charge is -2.22. The highest BCUT2D eigenvalue weighted by atomic mass is 35.5. The zero-order valence-corrected chi connectivity index (χ0v) is 29.6. The van der Waals surface area contributed by atoms with Crippen LogP contribution in [-0.2, 0) is 14.8 Å². The first-order valence-electron chi connectivity index (χ1n) is 15.6. The van der Waals surface area contributed by atoms with Crippen LogP contribution < -0.4 is 20.0 Å². The Morgan fingerprint density at radius 1 is 0.849 bits per heavy atom. The maximum absolute atomic E-state index is 14.3. The summed E-state index contributed by atoms with van der Waals surface area (Å²) in [6.45, 7) is 1.54. The molecule has 1 aromatic heterocycles. The number of para-hydroxylation sites is 1. The minimum absolute atomic E-state index is 0.0181. The van der Waals surface area contributed by atoms with Crippen molar-refractivity contribution in [2.75, 3.05) is 9.73 Å². The summed E-state index contributed by atoms with van der Waals surface area (Å²) in [6, 6.07) is 30.6. The number of ether oxygens (including phenoxy) is 1. The van der Waals surface area contributed by atoms with Crippen molar-refractivity contribution in [3.63, 3.8) is 0 Å². The Morgan fingerprint density at radius 2 is 1.51 bits per heavy atom. The maximum atomic E-state index is 14.3. The molecule has 0 aliphatic carbocycles. The van der Waals surface area contributed by atoms with Crippen molar-refractivity contribution in [1.82, 2.24) is 9.66 Å². The lowest BCUT2D eigenvalue weighted by atomic mass is 10.2. The summed E-state index contributed by atoms with van der Waals surface area (Å²) in [5.41, 5.74) is -0.178. The summed E-state index contributed by atoms with van der Waals surface area (Å²) in [4.78, 5) is 47.8. The largest absolute Gasteiger partial charge is 0.457 e. The van der Waals surface area contributed by atoms with Gasteiger partial charge < -0.3 is 4.74 Å². The number of sulfonamides is 1. The van der Waals surface area contributed by atoms with E-state index in [2.05, 4.69) is 14.7 Å². The van der Waals surface area contributed by atoms with Crippen molar-refractivity contribution in [2.24, 2.45) is 4.99 Å². The molecule has 5 aromatic carbocycles. The zero-order chi connectivity index (χ0) is 37.4. The van der Waals surface area contributed by atoms with Crippen LogP contribution in [0.4, 0.5) is 11.4 Å². The predicted octanol–water partition coefficient (Wildman–Crippen LogP) is 7.48. The first kappa shape index (κ1) is 35.1. The van der Waals surface area contributed by atoms with E-state index >= 15 is 0 Å². The number of aromatic nitrogens is 2. The van der Waals surface area contributed by atoms with Gasteiger partial charge in [-0.15, -0.1) is 0 Å². The van der Waals surface area contributed by atoms with Crippen LogP contribution in [-0.4, -0.2) is 34.7 Å². The molecular weight excluding hydrogens is 743 g/mol. The number of carbonyl (C=O) groups excluding carboxylic acids is 1. The van der Waals surface area contributed by atoms with Gasteiger partial charge in [0.25, 0.3) is 27.2 Å². The van der Waals surface area contributed by atoms with Crippen molar-refractivity contribution < 1.29 is 22.9 Å². The third kappa shape index (κ3) is 6.98. The van der Waals surface area contributed by atoms with Gasteiger partial charge >= 0.3 is 0 Å². The van der Waals surface area contributed by atoms with Crippen LogP contribution in [0, 0.1) is 17.0 Å². The number of hydrogen-bond acceptors (Lipinski definition) is 9. The van der Waals surface area contributed by atoms with E-state index in [9.17, 15) is 28.1 Å². The average Bonchev–Trinajstić information content (AvgIpc) is 3.45. The molecule has 0 spiro atoms. The molecule has 1 aliphatic rings. The number of hydrogen-bond donors (Lipinski definition) is 1. The number of rotatable bonds is 9. The second kappa shape index (κ2) is 14.0. The van der Waals surface area contributed by atoms with Crippen LogP contribution in [0.3, 0.4) is 0 Å². The fourth-order valence-electron chi connectivity index (χ4n) is 5.54. The van der Waals surface area contributed by atoms with Gasteiger partial charge in [0, 0.05) is 17.7 Å². The number of nitrogens with one attached hydrogen (secondary N) is 1. The maximum Gasteiger partial charge on any atom is 0.297 e. The molecule has 0 radical (unpaired) electrons. The highest BCUT2D eigenvalue weighted by molar-refractivity contribution is 7.92. The van der Waals surface area contributed by atoms with Gasteiger partial charge in [0.2, 0.25) is 0 Å². The zero-order valence-electron chi connectivity index (χ0n) is 27.3. The normalized spacial score (nSPS) is 13.7. The van der Waals surface area contributed by atoms with E-state index in [0.717, 1.165) is 27.9 Å². The van der Waals surface area contributed by atoms with Crippen molar-refractivity contribution in [1.29, 1.82) is 0 Å². The second-order valence-corrected chi connectivity index (χ2v) is 14.0. The van der Waals surface area contributed by atoms with Crippen LogP contribution in [0.2, 0.25) is 10.0 Å². The van der Waals surface area contributed by atoms with Gasteiger partial charge in [0.15, 0.2) is 5.84 Å². The Morgan fingerprint density at radius 3 is 2.19 bits per heavy atom. The number of amidine groups is 1. The fraction of sp³-hybridized carbons (Fsp3) is 0.0270. The summed E-state index contributed by atoms with van der Waals surface area (Å²) in [5.74, 6) is 0.783. The number of nitrogens with zero attached hydrogens (tertiary/aromatic N) is 5. The van der Waals surface area contributed by atoms with Crippen LogP contribution in [0.5, 0.6) is 11.5 Å². The van der Waals surface area contributed by atoms with Gasteiger partial charge in [0.1, 0.15) is 23.0 Å². The number of halogens is 2. The molecule has 0 saturated carbocycles. The Labute approximate surface area is 311 Å². The number of non-ortho nitro benzene ring substituents is 1. The smallest absolute Gasteiger partial charge is 0.297 e. The fourth-order valence-corrected chi connectivity index (χ4v) is 7.35. The lowest BCUT2D eigenvalue weighted by Crippen LogP contribution is -2.49. The summed E-state index contributed by atoms with van der Waals surface area (Å²) in [7, 11) is -4.46. The number of anilines is 1. The number of nitro benzene ring substituents is 1. The van der Waals surface area contributed by atoms with Gasteiger partial charge in [-0.2, -0.15) is 9.69 Å². The van der Waals surface area contributed by atoms with Gasteiger partial charge in [0.05, 0.1) is 36.5 Å². The minimum Gasteiger partial charge on any atom is -0.457 e. The first-order chi connectivity index (χ1) is 25.4. The highest BCUT2D eigenvalue weighted by Crippen LogP contribution is 2.36. The molecule has 6 aromatic rings. The average molecular weight is 768 g/mol. The first-order valence-corrected chi connectivity index (χ1v) is 17.9. The van der Waals surface area contributed by atoms with Crippen LogP contribution in [0.25, 0.3) is 17.0 Å². The van der Waals surface area contributed by atoms with Crippen molar-refractivity contribution >= 4 is 73.3 Å². The minimum atomic E-state index is -4.46. The molecule has 0 fully saturated rings. The van der Waals surface area contributed by atoms with Crippen molar-refractivity contribution in [3.05, 3.63) is 168 Å². The van der Waals surface area contributed by atoms with E-state index in [1.807, 2.05) is 30.3 Å².